The van der Waals surface area contributed by atoms with Crippen molar-refractivity contribution >= 4 is 28.9 Å². The smallest absolute Gasteiger partial charge is 0.255 e. The number of carbonyl (C=O) groups excluding carboxylic acids is 1. The lowest BCUT2D eigenvalue weighted by molar-refractivity contribution is 0.0717. The Kier molecular flexibility index (Phi) is 6.04. The quantitative estimate of drug-likeness (QED) is 0.560. The summed E-state index contributed by atoms with van der Waals surface area (Å²) in [7, 11) is 0. The maximum atomic E-state index is 12.7. The summed E-state index contributed by atoms with van der Waals surface area (Å²) in [6.07, 6.45) is -0.154. The molecule has 1 amide bonds. The lowest BCUT2D eigenvalue weighted by Gasteiger charge is -2.33. The molecule has 6 heteroatoms. The third-order valence-electron chi connectivity index (χ3n) is 5.38. The molecule has 0 aliphatic carbocycles. The van der Waals surface area contributed by atoms with Crippen LogP contribution in [0.1, 0.15) is 27.5 Å². The van der Waals surface area contributed by atoms with Crippen molar-refractivity contribution in [1.82, 2.24) is 0 Å². The monoisotopic (exact) mass is 422 g/mol. The first-order valence-corrected chi connectivity index (χ1v) is 10.2. The zero-order chi connectivity index (χ0) is 21.1. The van der Waals surface area contributed by atoms with Crippen LogP contribution in [0.5, 0.6) is 0 Å². The standard InChI is InChI=1S/C24H23ClN2O3/c25-19-7-4-8-20(14-19)26-24(30)18-9-10-21-17(13-18)11-12-27(21)23(22(29)15-28)16-5-2-1-3-6-16/h1-10,13-14,22-23,28-29H,11-12,15H2,(H,26,30). The molecule has 5 nitrogen and oxygen atoms in total. The molecule has 4 rings (SSSR count). The molecule has 3 aromatic carbocycles. The van der Waals surface area contributed by atoms with Gasteiger partial charge in [-0.2, -0.15) is 0 Å². The number of rotatable bonds is 6. The first-order valence-electron chi connectivity index (χ1n) is 9.87. The summed E-state index contributed by atoms with van der Waals surface area (Å²) < 4.78 is 0. The average Bonchev–Trinajstić information content (AvgIpc) is 3.17. The summed E-state index contributed by atoms with van der Waals surface area (Å²) >= 11 is 5.99. The molecule has 154 valence electrons. The van der Waals surface area contributed by atoms with E-state index in [4.69, 9.17) is 11.6 Å². The van der Waals surface area contributed by atoms with Crippen LogP contribution in [-0.4, -0.2) is 35.4 Å². The lowest BCUT2D eigenvalue weighted by atomic mass is 9.99. The Morgan fingerprint density at radius 2 is 1.87 bits per heavy atom. The van der Waals surface area contributed by atoms with E-state index in [1.165, 1.54) is 0 Å². The van der Waals surface area contributed by atoms with Crippen LogP contribution in [0.4, 0.5) is 11.4 Å². The van der Waals surface area contributed by atoms with Crippen LogP contribution < -0.4 is 10.2 Å². The van der Waals surface area contributed by atoms with E-state index in [1.54, 1.807) is 30.3 Å². The number of fused-ring (bicyclic) bond motifs is 1. The van der Waals surface area contributed by atoms with Crippen molar-refractivity contribution < 1.29 is 15.0 Å². The summed E-state index contributed by atoms with van der Waals surface area (Å²) in [5.41, 5.74) is 4.16. The van der Waals surface area contributed by atoms with E-state index in [1.807, 2.05) is 42.5 Å². The van der Waals surface area contributed by atoms with Gasteiger partial charge in [0.1, 0.15) is 6.10 Å². The fourth-order valence-corrected chi connectivity index (χ4v) is 4.18. The Morgan fingerprint density at radius 3 is 2.60 bits per heavy atom. The molecule has 1 heterocycles. The van der Waals surface area contributed by atoms with Crippen LogP contribution in [0.2, 0.25) is 5.02 Å². The number of nitrogens with one attached hydrogen (secondary N) is 1. The van der Waals surface area contributed by atoms with Crippen molar-refractivity contribution in [1.29, 1.82) is 0 Å². The minimum absolute atomic E-state index is 0.200. The highest BCUT2D eigenvalue weighted by atomic mass is 35.5. The van der Waals surface area contributed by atoms with Crippen LogP contribution in [0.3, 0.4) is 0 Å². The van der Waals surface area contributed by atoms with Gasteiger partial charge in [-0.1, -0.05) is 48.0 Å². The highest BCUT2D eigenvalue weighted by Gasteiger charge is 2.32. The third kappa shape index (κ3) is 4.19. The number of hydrogen-bond donors (Lipinski definition) is 3. The van der Waals surface area contributed by atoms with Gasteiger partial charge in [0.05, 0.1) is 12.6 Å². The highest BCUT2D eigenvalue weighted by Crippen LogP contribution is 2.37. The van der Waals surface area contributed by atoms with Gasteiger partial charge in [0, 0.05) is 28.5 Å². The van der Waals surface area contributed by atoms with Crippen molar-refractivity contribution in [3.8, 4) is 0 Å². The number of nitrogens with zero attached hydrogens (tertiary/aromatic N) is 1. The number of benzene rings is 3. The first-order chi connectivity index (χ1) is 14.6. The first kappa shape index (κ1) is 20.4. The van der Waals surface area contributed by atoms with E-state index in [0.717, 1.165) is 23.2 Å². The van der Waals surface area contributed by atoms with E-state index >= 15 is 0 Å². The van der Waals surface area contributed by atoms with E-state index in [0.29, 0.717) is 22.8 Å². The number of halogens is 1. The molecule has 0 bridgehead atoms. The molecule has 0 radical (unpaired) electrons. The van der Waals surface area contributed by atoms with Gasteiger partial charge < -0.3 is 20.4 Å². The predicted octanol–water partition coefficient (Wildman–Crippen LogP) is 4.05. The molecule has 0 saturated carbocycles. The predicted molar refractivity (Wildman–Crippen MR) is 119 cm³/mol. The van der Waals surface area contributed by atoms with Gasteiger partial charge in [-0.25, -0.2) is 0 Å². The summed E-state index contributed by atoms with van der Waals surface area (Å²) in [5, 5.41) is 23.6. The van der Waals surface area contributed by atoms with Crippen molar-refractivity contribution in [3.63, 3.8) is 0 Å². The van der Waals surface area contributed by atoms with Crippen molar-refractivity contribution in [2.75, 3.05) is 23.4 Å². The second-order valence-electron chi connectivity index (χ2n) is 7.36. The van der Waals surface area contributed by atoms with Gasteiger partial charge in [-0.3, -0.25) is 4.79 Å². The zero-order valence-electron chi connectivity index (χ0n) is 16.3. The molecule has 0 spiro atoms. The van der Waals surface area contributed by atoms with Gasteiger partial charge >= 0.3 is 0 Å². The number of aliphatic hydroxyl groups excluding tert-OH is 2. The summed E-state index contributed by atoms with van der Waals surface area (Å²) in [6, 6.07) is 21.9. The van der Waals surface area contributed by atoms with Crippen LogP contribution in [0.25, 0.3) is 0 Å². The fraction of sp³-hybridized carbons (Fsp3) is 0.208. The van der Waals surface area contributed by atoms with Crippen LogP contribution in [0, 0.1) is 0 Å². The maximum absolute atomic E-state index is 12.7. The van der Waals surface area contributed by atoms with Gasteiger partial charge in [0.25, 0.3) is 5.91 Å². The van der Waals surface area contributed by atoms with E-state index < -0.39 is 6.10 Å². The van der Waals surface area contributed by atoms with Gasteiger partial charge in [-0.15, -0.1) is 0 Å². The summed E-state index contributed by atoms with van der Waals surface area (Å²) in [6.45, 7) is 0.372. The number of anilines is 2. The van der Waals surface area contributed by atoms with E-state index in [2.05, 4.69) is 10.2 Å². The SMILES string of the molecule is O=C(Nc1cccc(Cl)c1)c1ccc2c(c1)CCN2C(c1ccccc1)C(O)CO. The fourth-order valence-electron chi connectivity index (χ4n) is 3.99. The molecule has 1 aliphatic heterocycles. The van der Waals surface area contributed by atoms with Crippen molar-refractivity contribution in [2.45, 2.75) is 18.6 Å². The Morgan fingerprint density at radius 1 is 1.07 bits per heavy atom. The zero-order valence-corrected chi connectivity index (χ0v) is 17.1. The second kappa shape index (κ2) is 8.88. The molecule has 0 saturated heterocycles. The van der Waals surface area contributed by atoms with Gasteiger partial charge in [0.2, 0.25) is 0 Å². The molecule has 1 aliphatic rings. The minimum atomic E-state index is -0.913. The Balaban J connectivity index is 1.59. The molecule has 30 heavy (non-hydrogen) atoms. The maximum Gasteiger partial charge on any atom is 0.255 e. The molecule has 0 fully saturated rings. The third-order valence-corrected chi connectivity index (χ3v) is 5.62. The molecule has 2 atom stereocenters. The van der Waals surface area contributed by atoms with Gasteiger partial charge in [-0.05, 0) is 53.9 Å². The topological polar surface area (TPSA) is 72.8 Å². The second-order valence-corrected chi connectivity index (χ2v) is 7.79. The Bertz CT molecular complexity index is 1040. The minimum Gasteiger partial charge on any atom is -0.394 e. The number of carbonyl (C=O) groups is 1. The van der Waals surface area contributed by atoms with Crippen LogP contribution >= 0.6 is 11.6 Å². The highest BCUT2D eigenvalue weighted by molar-refractivity contribution is 6.31. The molecule has 3 aromatic rings. The molecule has 0 aromatic heterocycles. The number of hydrogen-bond acceptors (Lipinski definition) is 4. The normalized spacial score (nSPS) is 14.8. The molecular formula is C24H23ClN2O3. The van der Waals surface area contributed by atoms with Crippen LogP contribution in [0.15, 0.2) is 72.8 Å². The van der Waals surface area contributed by atoms with Crippen LogP contribution in [-0.2, 0) is 6.42 Å². The van der Waals surface area contributed by atoms with E-state index in [9.17, 15) is 15.0 Å². The van der Waals surface area contributed by atoms with Crippen molar-refractivity contribution in [2.24, 2.45) is 0 Å². The van der Waals surface area contributed by atoms with Gasteiger partial charge in [0.15, 0.2) is 0 Å². The molecule has 3 N–H and O–H groups in total. The molecule has 2 unspecified atom stereocenters. The number of aliphatic hydroxyl groups is 2. The Labute approximate surface area is 180 Å². The summed E-state index contributed by atoms with van der Waals surface area (Å²) in [4.78, 5) is 14.8. The number of amides is 1. The summed E-state index contributed by atoms with van der Waals surface area (Å²) in [5.74, 6) is -0.200. The largest absolute Gasteiger partial charge is 0.394 e. The van der Waals surface area contributed by atoms with E-state index in [-0.39, 0.29) is 18.6 Å². The van der Waals surface area contributed by atoms with Crippen molar-refractivity contribution in [3.05, 3.63) is 94.5 Å². The molecular weight excluding hydrogens is 400 g/mol. The average molecular weight is 423 g/mol. The Hall–Kier alpha value is -2.86. The lowest BCUT2D eigenvalue weighted by Crippen LogP contribution is -2.37.